The van der Waals surface area contributed by atoms with Crippen LogP contribution in [0.25, 0.3) is 6.08 Å². The number of amides is 1. The first kappa shape index (κ1) is 21.0. The Labute approximate surface area is 171 Å². The Balaban J connectivity index is 1.48. The molecule has 11 heteroatoms. The van der Waals surface area contributed by atoms with Gasteiger partial charge in [-0.15, -0.1) is 0 Å². The number of esters is 1. The number of carbonyl (C=O) groups excluding carboxylic acids is 2. The third kappa shape index (κ3) is 6.15. The van der Waals surface area contributed by atoms with E-state index >= 15 is 0 Å². The summed E-state index contributed by atoms with van der Waals surface area (Å²) < 4.78 is 41.4. The number of sulfonamides is 1. The fraction of sp³-hybridized carbons (Fsp3) is 0.105. The summed E-state index contributed by atoms with van der Waals surface area (Å²) in [4.78, 5) is 23.4. The third-order valence-electron chi connectivity index (χ3n) is 3.67. The van der Waals surface area contributed by atoms with Crippen molar-refractivity contribution < 1.29 is 31.7 Å². The van der Waals surface area contributed by atoms with Gasteiger partial charge in [0, 0.05) is 12.1 Å². The number of rotatable bonds is 9. The van der Waals surface area contributed by atoms with E-state index in [0.29, 0.717) is 11.3 Å². The Bertz CT molecular complexity index is 1100. The van der Waals surface area contributed by atoms with Gasteiger partial charge in [0.05, 0.1) is 17.7 Å². The van der Waals surface area contributed by atoms with Crippen molar-refractivity contribution in [1.29, 1.82) is 0 Å². The highest BCUT2D eigenvalue weighted by Gasteiger charge is 2.14. The van der Waals surface area contributed by atoms with Crippen molar-refractivity contribution in [3.05, 3.63) is 72.4 Å². The standard InChI is InChI=1S/C19H17N3O7S/c23-18(21-17-9-11-29-22-17)13-28-19(24)8-5-14-3-6-16(7-4-14)30(25,26)20-12-15-2-1-10-27-15/h1-11,20H,12-13H2,(H,21,22,23)/b8-5+. The number of hydrogen-bond acceptors (Lipinski definition) is 8. The number of furan rings is 1. The average molecular weight is 431 g/mol. The quantitative estimate of drug-likeness (QED) is 0.387. The number of nitrogens with zero attached hydrogens (tertiary/aromatic N) is 1. The SMILES string of the molecule is O=C(COC(=O)/C=C/c1ccc(S(=O)(=O)NCc2ccco2)cc1)Nc1ccon1. The Hall–Kier alpha value is -3.70. The molecule has 0 spiro atoms. The predicted octanol–water partition coefficient (Wildman–Crippen LogP) is 1.94. The number of hydrogen-bond donors (Lipinski definition) is 2. The average Bonchev–Trinajstić information content (AvgIpc) is 3.44. The van der Waals surface area contributed by atoms with Gasteiger partial charge in [-0.25, -0.2) is 17.9 Å². The van der Waals surface area contributed by atoms with Crippen molar-refractivity contribution in [2.45, 2.75) is 11.4 Å². The first-order chi connectivity index (χ1) is 14.4. The molecule has 1 aromatic carbocycles. The van der Waals surface area contributed by atoms with Crippen LogP contribution in [0.15, 0.2) is 74.9 Å². The van der Waals surface area contributed by atoms with Crippen LogP contribution >= 0.6 is 0 Å². The number of anilines is 1. The second-order valence-electron chi connectivity index (χ2n) is 5.85. The molecule has 0 saturated heterocycles. The molecule has 3 rings (SSSR count). The number of ether oxygens (including phenoxy) is 1. The smallest absolute Gasteiger partial charge is 0.331 e. The van der Waals surface area contributed by atoms with Gasteiger partial charge in [-0.05, 0) is 35.9 Å². The van der Waals surface area contributed by atoms with Crippen LogP contribution in [0.1, 0.15) is 11.3 Å². The maximum absolute atomic E-state index is 12.3. The molecule has 0 atom stereocenters. The molecule has 2 N–H and O–H groups in total. The van der Waals surface area contributed by atoms with Crippen molar-refractivity contribution in [1.82, 2.24) is 9.88 Å². The van der Waals surface area contributed by atoms with Crippen LogP contribution in [0.2, 0.25) is 0 Å². The minimum atomic E-state index is -3.71. The summed E-state index contributed by atoms with van der Waals surface area (Å²) in [6.07, 6.45) is 5.31. The molecule has 156 valence electrons. The molecule has 0 aliphatic rings. The fourth-order valence-corrected chi connectivity index (χ4v) is 3.22. The molecular weight excluding hydrogens is 414 g/mol. The van der Waals surface area contributed by atoms with Crippen LogP contribution in [0.4, 0.5) is 5.82 Å². The molecule has 0 fully saturated rings. The molecule has 30 heavy (non-hydrogen) atoms. The van der Waals surface area contributed by atoms with Gasteiger partial charge in [-0.3, -0.25) is 4.79 Å². The second-order valence-corrected chi connectivity index (χ2v) is 7.61. The van der Waals surface area contributed by atoms with Crippen LogP contribution < -0.4 is 10.0 Å². The van der Waals surface area contributed by atoms with Gasteiger partial charge in [-0.2, -0.15) is 0 Å². The molecule has 0 bridgehead atoms. The van der Waals surface area contributed by atoms with Gasteiger partial charge in [0.15, 0.2) is 12.4 Å². The summed E-state index contributed by atoms with van der Waals surface area (Å²) in [5, 5.41) is 5.87. The largest absolute Gasteiger partial charge is 0.468 e. The normalized spacial score (nSPS) is 11.5. The molecule has 0 saturated carbocycles. The van der Waals surface area contributed by atoms with E-state index in [2.05, 4.69) is 19.7 Å². The lowest BCUT2D eigenvalue weighted by Gasteiger charge is -2.05. The molecule has 0 unspecified atom stereocenters. The van der Waals surface area contributed by atoms with Gasteiger partial charge in [-0.1, -0.05) is 17.3 Å². The molecule has 10 nitrogen and oxygen atoms in total. The van der Waals surface area contributed by atoms with Gasteiger partial charge < -0.3 is 19.0 Å². The van der Waals surface area contributed by atoms with E-state index in [1.807, 2.05) is 0 Å². The third-order valence-corrected chi connectivity index (χ3v) is 5.09. The van der Waals surface area contributed by atoms with E-state index in [1.54, 1.807) is 12.1 Å². The minimum Gasteiger partial charge on any atom is -0.468 e. The summed E-state index contributed by atoms with van der Waals surface area (Å²) in [5.74, 6) is -0.601. The number of benzene rings is 1. The lowest BCUT2D eigenvalue weighted by Crippen LogP contribution is -2.22. The first-order valence-electron chi connectivity index (χ1n) is 8.59. The molecule has 3 aromatic rings. The molecule has 0 aliphatic carbocycles. The van der Waals surface area contributed by atoms with Crippen molar-refractivity contribution in [2.75, 3.05) is 11.9 Å². The Morgan fingerprint density at radius 2 is 1.90 bits per heavy atom. The first-order valence-corrected chi connectivity index (χ1v) is 10.1. The Morgan fingerprint density at radius 3 is 2.57 bits per heavy atom. The predicted molar refractivity (Wildman–Crippen MR) is 104 cm³/mol. The minimum absolute atomic E-state index is 0.0348. The van der Waals surface area contributed by atoms with Crippen LogP contribution in [0.3, 0.4) is 0 Å². The summed E-state index contributed by atoms with van der Waals surface area (Å²) in [6, 6.07) is 10.6. The van der Waals surface area contributed by atoms with Crippen molar-refractivity contribution >= 4 is 33.8 Å². The van der Waals surface area contributed by atoms with Crippen molar-refractivity contribution in [3.8, 4) is 0 Å². The van der Waals surface area contributed by atoms with E-state index in [4.69, 9.17) is 9.15 Å². The fourth-order valence-electron chi connectivity index (χ4n) is 2.23. The molecule has 0 radical (unpaired) electrons. The highest BCUT2D eigenvalue weighted by atomic mass is 32.2. The Kier molecular flexibility index (Phi) is 6.78. The van der Waals surface area contributed by atoms with E-state index in [1.165, 1.54) is 48.9 Å². The van der Waals surface area contributed by atoms with Crippen molar-refractivity contribution in [2.24, 2.45) is 0 Å². The zero-order valence-electron chi connectivity index (χ0n) is 15.5. The topological polar surface area (TPSA) is 141 Å². The van der Waals surface area contributed by atoms with Gasteiger partial charge in [0.2, 0.25) is 10.0 Å². The van der Waals surface area contributed by atoms with Crippen LogP contribution in [0.5, 0.6) is 0 Å². The van der Waals surface area contributed by atoms with E-state index in [-0.39, 0.29) is 17.3 Å². The highest BCUT2D eigenvalue weighted by molar-refractivity contribution is 7.89. The van der Waals surface area contributed by atoms with Gasteiger partial charge >= 0.3 is 5.97 Å². The lowest BCUT2D eigenvalue weighted by atomic mass is 10.2. The number of carbonyl (C=O) groups is 2. The monoisotopic (exact) mass is 431 g/mol. The maximum Gasteiger partial charge on any atom is 0.331 e. The summed E-state index contributed by atoms with van der Waals surface area (Å²) in [5.41, 5.74) is 0.573. The zero-order chi connectivity index (χ0) is 21.4. The number of aromatic nitrogens is 1. The number of nitrogens with one attached hydrogen (secondary N) is 2. The highest BCUT2D eigenvalue weighted by Crippen LogP contribution is 2.13. The van der Waals surface area contributed by atoms with Crippen LogP contribution in [-0.2, 0) is 30.9 Å². The zero-order valence-corrected chi connectivity index (χ0v) is 16.3. The van der Waals surface area contributed by atoms with Gasteiger partial charge in [0.25, 0.3) is 5.91 Å². The summed E-state index contributed by atoms with van der Waals surface area (Å²) in [6.45, 7) is -0.457. The van der Waals surface area contributed by atoms with E-state index in [0.717, 1.165) is 6.08 Å². The summed E-state index contributed by atoms with van der Waals surface area (Å²) >= 11 is 0. The van der Waals surface area contributed by atoms with Crippen molar-refractivity contribution in [3.63, 3.8) is 0 Å². The van der Waals surface area contributed by atoms with E-state index in [9.17, 15) is 18.0 Å². The molecule has 2 heterocycles. The van der Waals surface area contributed by atoms with Gasteiger partial charge in [0.1, 0.15) is 12.0 Å². The van der Waals surface area contributed by atoms with Crippen LogP contribution in [-0.4, -0.2) is 32.1 Å². The maximum atomic E-state index is 12.3. The molecule has 2 aromatic heterocycles. The molecule has 0 aliphatic heterocycles. The lowest BCUT2D eigenvalue weighted by molar-refractivity contribution is -0.142. The molecule has 1 amide bonds. The van der Waals surface area contributed by atoms with E-state index < -0.39 is 28.5 Å². The molecular formula is C19H17N3O7S. The Morgan fingerprint density at radius 1 is 1.10 bits per heavy atom. The summed E-state index contributed by atoms with van der Waals surface area (Å²) in [7, 11) is -3.71. The second kappa shape index (κ2) is 9.67. The van der Waals surface area contributed by atoms with Crippen LogP contribution in [0, 0.1) is 0 Å².